The van der Waals surface area contributed by atoms with E-state index in [1.54, 1.807) is 11.7 Å². The molecule has 0 radical (unpaired) electrons. The molecule has 2 unspecified atom stereocenters. The number of nitro groups is 1. The van der Waals surface area contributed by atoms with Gasteiger partial charge < -0.3 is 5.32 Å². The van der Waals surface area contributed by atoms with Gasteiger partial charge in [0.25, 0.3) is 0 Å². The van der Waals surface area contributed by atoms with Crippen LogP contribution in [0.1, 0.15) is 51.6 Å². The summed E-state index contributed by atoms with van der Waals surface area (Å²) in [5.74, 6) is 1.32. The zero-order valence-corrected chi connectivity index (χ0v) is 12.6. The van der Waals surface area contributed by atoms with Crippen molar-refractivity contribution < 1.29 is 4.92 Å². The Balaban J connectivity index is 2.20. The summed E-state index contributed by atoms with van der Waals surface area (Å²) >= 11 is 0. The number of hydrogen-bond donors (Lipinski definition) is 1. The van der Waals surface area contributed by atoms with Crippen LogP contribution in [0.4, 0.5) is 11.5 Å². The molecule has 0 amide bonds. The van der Waals surface area contributed by atoms with Crippen molar-refractivity contribution in [1.29, 1.82) is 0 Å². The molecule has 0 bridgehead atoms. The van der Waals surface area contributed by atoms with Crippen LogP contribution in [0.5, 0.6) is 0 Å². The highest BCUT2D eigenvalue weighted by Gasteiger charge is 2.27. The number of aromatic nitrogens is 2. The van der Waals surface area contributed by atoms with E-state index >= 15 is 0 Å². The van der Waals surface area contributed by atoms with Gasteiger partial charge in [-0.2, -0.15) is 5.10 Å². The monoisotopic (exact) mass is 280 g/mol. The second-order valence-electron chi connectivity index (χ2n) is 5.83. The molecule has 2 atom stereocenters. The van der Waals surface area contributed by atoms with Gasteiger partial charge in [0.05, 0.1) is 4.92 Å². The van der Waals surface area contributed by atoms with Gasteiger partial charge in [0.15, 0.2) is 0 Å². The zero-order chi connectivity index (χ0) is 14.7. The second kappa shape index (κ2) is 6.24. The minimum atomic E-state index is -0.312. The molecular formula is C14H24N4O2. The first-order chi connectivity index (χ1) is 9.52. The molecule has 6 nitrogen and oxygen atoms in total. The fraction of sp³-hybridized carbons (Fsp3) is 0.786. The SMILES string of the molecule is CCc1nn(C)c(NC2CCCC(C)CC2)c1[N+](=O)[O-]. The molecule has 0 spiro atoms. The van der Waals surface area contributed by atoms with Crippen LogP contribution < -0.4 is 5.32 Å². The summed E-state index contributed by atoms with van der Waals surface area (Å²) in [7, 11) is 1.77. The average Bonchev–Trinajstić information content (AvgIpc) is 2.57. The lowest BCUT2D eigenvalue weighted by molar-refractivity contribution is -0.384. The molecule has 0 aliphatic heterocycles. The Morgan fingerprint density at radius 3 is 2.80 bits per heavy atom. The first-order valence-corrected chi connectivity index (χ1v) is 7.49. The van der Waals surface area contributed by atoms with Gasteiger partial charge in [-0.15, -0.1) is 0 Å². The fourth-order valence-electron chi connectivity index (χ4n) is 2.98. The van der Waals surface area contributed by atoms with E-state index in [9.17, 15) is 10.1 Å². The predicted octanol–water partition coefficient (Wildman–Crippen LogP) is 3.27. The molecule has 1 aliphatic rings. The number of hydrogen-bond acceptors (Lipinski definition) is 4. The van der Waals surface area contributed by atoms with Crippen LogP contribution in [0.15, 0.2) is 0 Å². The highest BCUT2D eigenvalue weighted by molar-refractivity contribution is 5.60. The summed E-state index contributed by atoms with van der Waals surface area (Å²) in [5, 5.41) is 18.9. The van der Waals surface area contributed by atoms with Gasteiger partial charge in [-0.05, 0) is 31.6 Å². The lowest BCUT2D eigenvalue weighted by Crippen LogP contribution is -2.21. The van der Waals surface area contributed by atoms with E-state index in [-0.39, 0.29) is 10.6 Å². The van der Waals surface area contributed by atoms with Crippen molar-refractivity contribution in [3.05, 3.63) is 15.8 Å². The van der Waals surface area contributed by atoms with Crippen LogP contribution in [0.2, 0.25) is 0 Å². The van der Waals surface area contributed by atoms with Gasteiger partial charge in [0.1, 0.15) is 5.69 Å². The standard InChI is InChI=1S/C14H24N4O2/c1-4-12-13(18(19)20)14(17(3)16-12)15-11-7-5-6-10(2)8-9-11/h10-11,15H,4-9H2,1-3H3. The Hall–Kier alpha value is -1.59. The van der Waals surface area contributed by atoms with Gasteiger partial charge in [0, 0.05) is 13.1 Å². The molecule has 1 aromatic heterocycles. The minimum absolute atomic E-state index is 0.146. The molecule has 1 aromatic rings. The molecule has 2 rings (SSSR count). The van der Waals surface area contributed by atoms with Crippen molar-refractivity contribution in [3.63, 3.8) is 0 Å². The van der Waals surface area contributed by atoms with E-state index in [0.29, 0.717) is 24.0 Å². The van der Waals surface area contributed by atoms with Crippen molar-refractivity contribution in [2.24, 2.45) is 13.0 Å². The molecule has 1 heterocycles. The number of aryl methyl sites for hydroxylation is 2. The molecule has 0 aromatic carbocycles. The van der Waals surface area contributed by atoms with Gasteiger partial charge in [-0.25, -0.2) is 4.68 Å². The predicted molar refractivity (Wildman–Crippen MR) is 78.9 cm³/mol. The van der Waals surface area contributed by atoms with Crippen molar-refractivity contribution in [2.75, 3.05) is 5.32 Å². The number of anilines is 1. The third kappa shape index (κ3) is 3.11. The Bertz CT molecular complexity index is 484. The van der Waals surface area contributed by atoms with E-state index in [1.807, 2.05) is 6.92 Å². The van der Waals surface area contributed by atoms with Gasteiger partial charge in [-0.1, -0.05) is 26.7 Å². The topological polar surface area (TPSA) is 73.0 Å². The first-order valence-electron chi connectivity index (χ1n) is 7.49. The maximum absolute atomic E-state index is 11.3. The van der Waals surface area contributed by atoms with Gasteiger partial charge >= 0.3 is 5.69 Å². The quantitative estimate of drug-likeness (QED) is 0.522. The lowest BCUT2D eigenvalue weighted by Gasteiger charge is -2.17. The van der Waals surface area contributed by atoms with Crippen molar-refractivity contribution in [2.45, 2.75) is 58.4 Å². The third-order valence-corrected chi connectivity index (χ3v) is 4.21. The Morgan fingerprint density at radius 1 is 1.40 bits per heavy atom. The van der Waals surface area contributed by atoms with Crippen LogP contribution in [0, 0.1) is 16.0 Å². The molecular weight excluding hydrogens is 256 g/mol. The summed E-state index contributed by atoms with van der Waals surface area (Å²) in [5.41, 5.74) is 0.703. The summed E-state index contributed by atoms with van der Waals surface area (Å²) in [6.07, 6.45) is 6.35. The summed E-state index contributed by atoms with van der Waals surface area (Å²) < 4.78 is 1.62. The van der Waals surface area contributed by atoms with Crippen LogP contribution in [0.25, 0.3) is 0 Å². The molecule has 6 heteroatoms. The van der Waals surface area contributed by atoms with E-state index in [4.69, 9.17) is 0 Å². The van der Waals surface area contributed by atoms with E-state index in [1.165, 1.54) is 19.3 Å². The van der Waals surface area contributed by atoms with E-state index in [0.717, 1.165) is 18.8 Å². The molecule has 20 heavy (non-hydrogen) atoms. The molecule has 1 N–H and O–H groups in total. The molecule has 112 valence electrons. The number of rotatable bonds is 4. The van der Waals surface area contributed by atoms with Crippen LogP contribution in [-0.4, -0.2) is 20.7 Å². The van der Waals surface area contributed by atoms with E-state index in [2.05, 4.69) is 17.3 Å². The van der Waals surface area contributed by atoms with Crippen molar-refractivity contribution in [3.8, 4) is 0 Å². The number of nitrogens with one attached hydrogen (secondary N) is 1. The molecule has 0 saturated heterocycles. The average molecular weight is 280 g/mol. The van der Waals surface area contributed by atoms with Gasteiger partial charge in [-0.3, -0.25) is 10.1 Å². The maximum Gasteiger partial charge on any atom is 0.333 e. The largest absolute Gasteiger partial charge is 0.362 e. The normalized spacial score (nSPS) is 23.4. The Labute approximate surface area is 119 Å². The molecule has 1 aliphatic carbocycles. The van der Waals surface area contributed by atoms with Crippen LogP contribution in [-0.2, 0) is 13.5 Å². The maximum atomic E-state index is 11.3. The number of nitrogens with zero attached hydrogens (tertiary/aromatic N) is 3. The summed E-state index contributed by atoms with van der Waals surface area (Å²) in [6, 6.07) is 0.318. The van der Waals surface area contributed by atoms with E-state index < -0.39 is 0 Å². The lowest BCUT2D eigenvalue weighted by atomic mass is 10.0. The third-order valence-electron chi connectivity index (χ3n) is 4.21. The minimum Gasteiger partial charge on any atom is -0.362 e. The van der Waals surface area contributed by atoms with Crippen LogP contribution >= 0.6 is 0 Å². The summed E-state index contributed by atoms with van der Waals surface area (Å²) in [4.78, 5) is 11.0. The Kier molecular flexibility index (Phi) is 4.62. The van der Waals surface area contributed by atoms with Gasteiger partial charge in [0.2, 0.25) is 5.82 Å². The van der Waals surface area contributed by atoms with Crippen LogP contribution in [0.3, 0.4) is 0 Å². The smallest absolute Gasteiger partial charge is 0.333 e. The highest BCUT2D eigenvalue weighted by atomic mass is 16.6. The molecule has 1 fully saturated rings. The van der Waals surface area contributed by atoms with Crippen molar-refractivity contribution >= 4 is 11.5 Å². The molecule has 1 saturated carbocycles. The zero-order valence-electron chi connectivity index (χ0n) is 12.6. The fourth-order valence-corrected chi connectivity index (χ4v) is 2.98. The Morgan fingerprint density at radius 2 is 2.15 bits per heavy atom. The van der Waals surface area contributed by atoms with Crippen molar-refractivity contribution in [1.82, 2.24) is 9.78 Å². The summed E-state index contributed by atoms with van der Waals surface area (Å²) in [6.45, 7) is 4.18. The highest BCUT2D eigenvalue weighted by Crippen LogP contribution is 2.31. The first kappa shape index (κ1) is 14.8. The second-order valence-corrected chi connectivity index (χ2v) is 5.83.